The lowest BCUT2D eigenvalue weighted by atomic mass is 10.0. The van der Waals surface area contributed by atoms with Crippen LogP contribution in [-0.4, -0.2) is 28.1 Å². The Morgan fingerprint density at radius 2 is 1.79 bits per heavy atom. The smallest absolute Gasteiger partial charge is 0.265 e. The highest BCUT2D eigenvalue weighted by Crippen LogP contribution is 2.27. The van der Waals surface area contributed by atoms with Crippen LogP contribution in [0.1, 0.15) is 36.0 Å². The fourth-order valence-electron chi connectivity index (χ4n) is 2.94. The molecule has 0 spiro atoms. The number of carbonyl (C=O) groups is 3. The number of carbonyl (C=O) groups excluding carboxylic acids is 3. The summed E-state index contributed by atoms with van der Waals surface area (Å²) in [5, 5.41) is 14.9. The van der Waals surface area contributed by atoms with Gasteiger partial charge in [-0.25, -0.2) is 0 Å². The second-order valence-electron chi connectivity index (χ2n) is 6.10. The third-order valence-corrected chi connectivity index (χ3v) is 5.22. The summed E-state index contributed by atoms with van der Waals surface area (Å²) in [4.78, 5) is 39.2. The van der Waals surface area contributed by atoms with E-state index < -0.39 is 0 Å². The minimum Gasteiger partial charge on any atom is -0.494 e. The Balaban J connectivity index is 1.55. The first kappa shape index (κ1) is 17.7. The predicted octanol–water partition coefficient (Wildman–Crippen LogP) is 4.23. The van der Waals surface area contributed by atoms with Crippen LogP contribution >= 0.6 is 11.3 Å². The number of aromatic amines is 1. The number of aromatic nitrogens is 1. The molecule has 0 radical (unpaired) electrons. The highest BCUT2D eigenvalue weighted by molar-refractivity contribution is 7.12. The molecule has 6 nitrogen and oxygen atoms in total. The van der Waals surface area contributed by atoms with E-state index in [0.29, 0.717) is 38.9 Å². The largest absolute Gasteiger partial charge is 0.494 e. The predicted molar refractivity (Wildman–Crippen MR) is 107 cm³/mol. The fourth-order valence-corrected chi connectivity index (χ4v) is 3.56. The van der Waals surface area contributed by atoms with Gasteiger partial charge in [0.1, 0.15) is 0 Å². The summed E-state index contributed by atoms with van der Waals surface area (Å²) < 4.78 is 0. The van der Waals surface area contributed by atoms with Crippen molar-refractivity contribution in [3.05, 3.63) is 81.5 Å². The third kappa shape index (κ3) is 3.19. The molecule has 2 aromatic carbocycles. The van der Waals surface area contributed by atoms with Crippen LogP contribution in [0, 0.1) is 0 Å². The van der Waals surface area contributed by atoms with Crippen molar-refractivity contribution in [2.24, 2.45) is 0 Å². The molecule has 0 bridgehead atoms. The summed E-state index contributed by atoms with van der Waals surface area (Å²) in [6, 6.07) is 15.0. The van der Waals surface area contributed by atoms with Crippen LogP contribution in [0.2, 0.25) is 0 Å². The summed E-state index contributed by atoms with van der Waals surface area (Å²) in [7, 11) is 0. The molecule has 0 aliphatic carbocycles. The van der Waals surface area contributed by atoms with Gasteiger partial charge in [-0.2, -0.15) is 0 Å². The van der Waals surface area contributed by atoms with E-state index in [2.05, 4.69) is 10.3 Å². The van der Waals surface area contributed by atoms with Crippen molar-refractivity contribution in [1.82, 2.24) is 4.98 Å². The van der Waals surface area contributed by atoms with Gasteiger partial charge in [0.25, 0.3) is 5.91 Å². The number of fused-ring (bicyclic) bond motifs is 1. The van der Waals surface area contributed by atoms with E-state index in [1.165, 1.54) is 11.3 Å². The number of hydrogen-bond donors (Lipinski definition) is 3. The van der Waals surface area contributed by atoms with E-state index in [1.54, 1.807) is 54.6 Å². The number of hydrogen-bond acceptors (Lipinski definition) is 5. The molecule has 3 N–H and O–H groups in total. The molecule has 0 unspecified atom stereocenters. The molecule has 4 aromatic rings. The van der Waals surface area contributed by atoms with E-state index in [-0.39, 0.29) is 23.1 Å². The van der Waals surface area contributed by atoms with Gasteiger partial charge in [0.15, 0.2) is 17.9 Å². The van der Waals surface area contributed by atoms with Crippen molar-refractivity contribution in [2.75, 3.05) is 5.32 Å². The number of aldehydes is 1. The van der Waals surface area contributed by atoms with Gasteiger partial charge in [0.2, 0.25) is 0 Å². The Hall–Kier alpha value is -3.71. The molecule has 28 heavy (non-hydrogen) atoms. The summed E-state index contributed by atoms with van der Waals surface area (Å²) in [5.74, 6) is -0.628. The molecule has 0 saturated carbocycles. The lowest BCUT2D eigenvalue weighted by Crippen LogP contribution is -2.10. The number of aromatic hydroxyl groups is 1. The van der Waals surface area contributed by atoms with Gasteiger partial charge in [0, 0.05) is 27.7 Å². The maximum atomic E-state index is 12.7. The van der Waals surface area contributed by atoms with Crippen LogP contribution in [0.4, 0.5) is 5.69 Å². The third-order valence-electron chi connectivity index (χ3n) is 4.35. The second-order valence-corrected chi connectivity index (χ2v) is 7.05. The summed E-state index contributed by atoms with van der Waals surface area (Å²) >= 11 is 1.35. The van der Waals surface area contributed by atoms with Crippen LogP contribution in [0.25, 0.3) is 10.9 Å². The lowest BCUT2D eigenvalue weighted by Gasteiger charge is -2.06. The van der Waals surface area contributed by atoms with E-state index in [0.717, 1.165) is 0 Å². The van der Waals surface area contributed by atoms with Crippen molar-refractivity contribution >= 4 is 45.9 Å². The van der Waals surface area contributed by atoms with E-state index in [9.17, 15) is 19.5 Å². The van der Waals surface area contributed by atoms with Gasteiger partial charge in [-0.1, -0.05) is 18.2 Å². The van der Waals surface area contributed by atoms with Crippen molar-refractivity contribution in [3.63, 3.8) is 0 Å². The van der Waals surface area contributed by atoms with Gasteiger partial charge in [-0.05, 0) is 41.8 Å². The van der Waals surface area contributed by atoms with Crippen LogP contribution < -0.4 is 5.32 Å². The van der Waals surface area contributed by atoms with Gasteiger partial charge < -0.3 is 15.4 Å². The molecule has 0 aliphatic heterocycles. The molecule has 0 fully saturated rings. The second kappa shape index (κ2) is 7.13. The highest BCUT2D eigenvalue weighted by Gasteiger charge is 2.14. The van der Waals surface area contributed by atoms with Crippen molar-refractivity contribution < 1.29 is 19.5 Å². The number of ketones is 1. The first-order valence-corrected chi connectivity index (χ1v) is 9.24. The monoisotopic (exact) mass is 390 g/mol. The molecular weight excluding hydrogens is 376 g/mol. The fraction of sp³-hybridized carbons (Fsp3) is 0. The average Bonchev–Trinajstić information content (AvgIpc) is 3.34. The van der Waals surface area contributed by atoms with Crippen LogP contribution in [0.5, 0.6) is 5.88 Å². The number of rotatable bonds is 5. The minimum atomic E-state index is -0.222. The van der Waals surface area contributed by atoms with Crippen LogP contribution in [-0.2, 0) is 0 Å². The molecule has 7 heteroatoms. The summed E-state index contributed by atoms with van der Waals surface area (Å²) in [5.41, 5.74) is 2.14. The Bertz CT molecular complexity index is 1190. The molecule has 138 valence electrons. The number of nitrogens with one attached hydrogen (secondary N) is 2. The van der Waals surface area contributed by atoms with Crippen LogP contribution in [0.15, 0.2) is 60.0 Å². The minimum absolute atomic E-state index is 0.167. The number of anilines is 1. The average molecular weight is 390 g/mol. The lowest BCUT2D eigenvalue weighted by molar-refractivity contribution is 0.102. The maximum Gasteiger partial charge on any atom is 0.265 e. The summed E-state index contributed by atoms with van der Waals surface area (Å²) in [6.45, 7) is 0. The van der Waals surface area contributed by atoms with Gasteiger partial charge in [-0.3, -0.25) is 14.4 Å². The van der Waals surface area contributed by atoms with Crippen molar-refractivity contribution in [2.45, 2.75) is 0 Å². The summed E-state index contributed by atoms with van der Waals surface area (Å²) in [6.07, 6.45) is 0.568. The molecule has 1 amide bonds. The number of amides is 1. The SMILES string of the molecule is O=Cc1c(O)[nH]c2cc(C(=O)c3ccc(NC(=O)c4cccs4)cc3)ccc12. The van der Waals surface area contributed by atoms with E-state index in [1.807, 2.05) is 5.38 Å². The van der Waals surface area contributed by atoms with Crippen LogP contribution in [0.3, 0.4) is 0 Å². The molecule has 0 atom stereocenters. The van der Waals surface area contributed by atoms with E-state index >= 15 is 0 Å². The van der Waals surface area contributed by atoms with Crippen molar-refractivity contribution in [3.8, 4) is 5.88 Å². The van der Waals surface area contributed by atoms with Gasteiger partial charge in [-0.15, -0.1) is 11.3 Å². The number of benzene rings is 2. The Kier molecular flexibility index (Phi) is 4.50. The normalized spacial score (nSPS) is 10.7. The standard InChI is InChI=1S/C21H14N2O4S/c24-11-16-15-8-5-13(10-17(15)23-20(16)26)19(25)12-3-6-14(7-4-12)22-21(27)18-2-1-9-28-18/h1-11,23,26H,(H,22,27). The Morgan fingerprint density at radius 1 is 1.04 bits per heavy atom. The molecule has 0 aliphatic rings. The van der Waals surface area contributed by atoms with Crippen molar-refractivity contribution in [1.29, 1.82) is 0 Å². The quantitative estimate of drug-likeness (QED) is 0.351. The topological polar surface area (TPSA) is 99.3 Å². The highest BCUT2D eigenvalue weighted by atomic mass is 32.1. The molecular formula is C21H14N2O4S. The number of thiophene rings is 1. The zero-order chi connectivity index (χ0) is 19.7. The molecule has 2 aromatic heterocycles. The molecule has 2 heterocycles. The van der Waals surface area contributed by atoms with Gasteiger partial charge >= 0.3 is 0 Å². The first-order chi connectivity index (χ1) is 13.6. The molecule has 4 rings (SSSR count). The van der Waals surface area contributed by atoms with E-state index in [4.69, 9.17) is 0 Å². The Labute approximate surface area is 163 Å². The Morgan fingerprint density at radius 3 is 2.46 bits per heavy atom. The zero-order valence-electron chi connectivity index (χ0n) is 14.4. The number of H-pyrrole nitrogens is 1. The molecule has 0 saturated heterocycles. The van der Waals surface area contributed by atoms with Gasteiger partial charge in [0.05, 0.1) is 10.4 Å². The maximum absolute atomic E-state index is 12.7. The first-order valence-electron chi connectivity index (χ1n) is 8.36. The zero-order valence-corrected chi connectivity index (χ0v) is 15.2.